The van der Waals surface area contributed by atoms with Gasteiger partial charge in [-0.1, -0.05) is 0 Å². The quantitative estimate of drug-likeness (QED) is 0.774. The molecule has 0 aromatic heterocycles. The van der Waals surface area contributed by atoms with Gasteiger partial charge in [0.15, 0.2) is 11.5 Å². The molecule has 0 spiro atoms. The summed E-state index contributed by atoms with van der Waals surface area (Å²) in [5.74, 6) is 0.720. The number of unbranched alkanes of at least 4 members (excludes halogenated alkanes) is 1. The van der Waals surface area contributed by atoms with Gasteiger partial charge in [-0.05, 0) is 48.9 Å². The average Bonchev–Trinajstić information content (AvgIpc) is 2.79. The SMILES string of the molecule is COc1cc2c(cc1OC)CCN(C(=O)CCCCC(=O)O)CC2. The smallest absolute Gasteiger partial charge is 0.303 e. The minimum absolute atomic E-state index is 0.104. The molecule has 0 fully saturated rings. The first-order valence-corrected chi connectivity index (χ1v) is 8.28. The van der Waals surface area contributed by atoms with Crippen molar-refractivity contribution >= 4 is 11.9 Å². The van der Waals surface area contributed by atoms with E-state index in [0.717, 1.165) is 12.8 Å². The van der Waals surface area contributed by atoms with Crippen molar-refractivity contribution in [2.75, 3.05) is 27.3 Å². The van der Waals surface area contributed by atoms with Crippen LogP contribution in [-0.4, -0.2) is 49.2 Å². The van der Waals surface area contributed by atoms with Gasteiger partial charge < -0.3 is 19.5 Å². The maximum atomic E-state index is 12.3. The molecule has 1 aromatic carbocycles. The second-order valence-corrected chi connectivity index (χ2v) is 5.96. The maximum absolute atomic E-state index is 12.3. The first-order chi connectivity index (χ1) is 11.5. The second kappa shape index (κ2) is 8.57. The number of aliphatic carboxylic acids is 1. The molecule has 1 aliphatic heterocycles. The van der Waals surface area contributed by atoms with E-state index in [1.807, 2.05) is 17.0 Å². The molecule has 132 valence electrons. The summed E-state index contributed by atoms with van der Waals surface area (Å²) in [5, 5.41) is 8.63. The van der Waals surface area contributed by atoms with Gasteiger partial charge in [-0.25, -0.2) is 0 Å². The number of methoxy groups -OCH3 is 2. The molecule has 6 nitrogen and oxygen atoms in total. The second-order valence-electron chi connectivity index (χ2n) is 5.96. The van der Waals surface area contributed by atoms with E-state index >= 15 is 0 Å². The lowest BCUT2D eigenvalue weighted by molar-refractivity contribution is -0.137. The van der Waals surface area contributed by atoms with Crippen LogP contribution in [-0.2, 0) is 22.4 Å². The molecule has 0 saturated heterocycles. The zero-order chi connectivity index (χ0) is 17.5. The van der Waals surface area contributed by atoms with Crippen LogP contribution in [0, 0.1) is 0 Å². The largest absolute Gasteiger partial charge is 0.493 e. The summed E-state index contributed by atoms with van der Waals surface area (Å²) in [6, 6.07) is 3.99. The van der Waals surface area contributed by atoms with E-state index in [4.69, 9.17) is 14.6 Å². The molecule has 0 aliphatic carbocycles. The Balaban J connectivity index is 1.95. The van der Waals surface area contributed by atoms with Crippen LogP contribution in [0.25, 0.3) is 0 Å². The summed E-state index contributed by atoms with van der Waals surface area (Å²) in [5.41, 5.74) is 2.38. The van der Waals surface area contributed by atoms with Crippen molar-refractivity contribution in [3.8, 4) is 11.5 Å². The molecule has 1 amide bonds. The highest BCUT2D eigenvalue weighted by Crippen LogP contribution is 2.32. The Kier molecular flexibility index (Phi) is 6.46. The van der Waals surface area contributed by atoms with Crippen molar-refractivity contribution in [2.45, 2.75) is 38.5 Å². The van der Waals surface area contributed by atoms with Crippen molar-refractivity contribution in [1.82, 2.24) is 4.90 Å². The summed E-state index contributed by atoms with van der Waals surface area (Å²) in [6.45, 7) is 1.36. The molecule has 0 radical (unpaired) electrons. The van der Waals surface area contributed by atoms with Crippen molar-refractivity contribution in [2.24, 2.45) is 0 Å². The number of hydrogen-bond donors (Lipinski definition) is 1. The Labute approximate surface area is 142 Å². The predicted octanol–water partition coefficient (Wildman–Crippen LogP) is 2.28. The zero-order valence-corrected chi connectivity index (χ0v) is 14.3. The van der Waals surface area contributed by atoms with Gasteiger partial charge in [0.05, 0.1) is 14.2 Å². The van der Waals surface area contributed by atoms with E-state index in [0.29, 0.717) is 43.9 Å². The Morgan fingerprint density at radius 2 is 1.50 bits per heavy atom. The molecule has 0 unspecified atom stereocenters. The van der Waals surface area contributed by atoms with Crippen molar-refractivity contribution in [3.63, 3.8) is 0 Å². The van der Waals surface area contributed by atoms with Crippen LogP contribution in [0.4, 0.5) is 0 Å². The lowest BCUT2D eigenvalue weighted by atomic mass is 10.0. The lowest BCUT2D eigenvalue weighted by Gasteiger charge is -2.20. The number of carbonyl (C=O) groups is 2. The topological polar surface area (TPSA) is 76.1 Å². The van der Waals surface area contributed by atoms with Gasteiger partial charge in [-0.3, -0.25) is 9.59 Å². The van der Waals surface area contributed by atoms with Gasteiger partial charge in [-0.2, -0.15) is 0 Å². The van der Waals surface area contributed by atoms with Gasteiger partial charge in [0.1, 0.15) is 0 Å². The molecule has 1 N–H and O–H groups in total. The number of rotatable bonds is 7. The molecule has 2 rings (SSSR count). The molecule has 1 aliphatic rings. The highest BCUT2D eigenvalue weighted by Gasteiger charge is 2.20. The Morgan fingerprint density at radius 3 is 1.96 bits per heavy atom. The van der Waals surface area contributed by atoms with Gasteiger partial charge in [0.2, 0.25) is 5.91 Å². The van der Waals surface area contributed by atoms with Crippen molar-refractivity contribution < 1.29 is 24.2 Å². The summed E-state index contributed by atoms with van der Waals surface area (Å²) < 4.78 is 10.7. The van der Waals surface area contributed by atoms with Crippen molar-refractivity contribution in [1.29, 1.82) is 0 Å². The molecule has 1 heterocycles. The average molecular weight is 335 g/mol. The highest BCUT2D eigenvalue weighted by molar-refractivity contribution is 5.76. The molecule has 1 aromatic rings. The third kappa shape index (κ3) is 4.63. The molecular weight excluding hydrogens is 310 g/mol. The number of carbonyl (C=O) groups excluding carboxylic acids is 1. The minimum Gasteiger partial charge on any atom is -0.493 e. The first kappa shape index (κ1) is 18.1. The number of nitrogens with zero attached hydrogens (tertiary/aromatic N) is 1. The number of hydrogen-bond acceptors (Lipinski definition) is 4. The summed E-state index contributed by atoms with van der Waals surface area (Å²) in [4.78, 5) is 24.7. The Morgan fingerprint density at radius 1 is 1.00 bits per heavy atom. The van der Waals surface area contributed by atoms with E-state index in [1.165, 1.54) is 11.1 Å². The number of carboxylic acids is 1. The fourth-order valence-electron chi connectivity index (χ4n) is 3.01. The van der Waals surface area contributed by atoms with Gasteiger partial charge in [-0.15, -0.1) is 0 Å². The highest BCUT2D eigenvalue weighted by atomic mass is 16.5. The van der Waals surface area contributed by atoms with E-state index in [-0.39, 0.29) is 12.3 Å². The number of carboxylic acid groups (broad SMARTS) is 1. The molecule has 0 bridgehead atoms. The number of fused-ring (bicyclic) bond motifs is 1. The summed E-state index contributed by atoms with van der Waals surface area (Å²) in [7, 11) is 3.24. The summed E-state index contributed by atoms with van der Waals surface area (Å²) >= 11 is 0. The molecule has 24 heavy (non-hydrogen) atoms. The third-order valence-electron chi connectivity index (χ3n) is 4.39. The van der Waals surface area contributed by atoms with Crippen LogP contribution in [0.2, 0.25) is 0 Å². The van der Waals surface area contributed by atoms with Crippen LogP contribution < -0.4 is 9.47 Å². The molecule has 6 heteroatoms. The van der Waals surface area contributed by atoms with Crippen molar-refractivity contribution in [3.05, 3.63) is 23.3 Å². The van der Waals surface area contributed by atoms with Gasteiger partial charge >= 0.3 is 5.97 Å². The van der Waals surface area contributed by atoms with Crippen LogP contribution >= 0.6 is 0 Å². The van der Waals surface area contributed by atoms with Gasteiger partial charge in [0, 0.05) is 25.9 Å². The normalized spacial score (nSPS) is 13.8. The van der Waals surface area contributed by atoms with E-state index in [2.05, 4.69) is 0 Å². The Hall–Kier alpha value is -2.24. The molecule has 0 atom stereocenters. The van der Waals surface area contributed by atoms with E-state index in [1.54, 1.807) is 14.2 Å². The Bertz CT molecular complexity index is 564. The lowest BCUT2D eigenvalue weighted by Crippen LogP contribution is -2.33. The molecular formula is C18H25NO5. The minimum atomic E-state index is -0.810. The standard InChI is InChI=1S/C18H25NO5/c1-23-15-11-13-7-9-19(10-8-14(13)12-16(15)24-2)17(20)5-3-4-6-18(21)22/h11-12H,3-10H2,1-2H3,(H,21,22). The zero-order valence-electron chi connectivity index (χ0n) is 14.3. The summed E-state index contributed by atoms with van der Waals surface area (Å²) in [6.07, 6.45) is 3.28. The number of amides is 1. The van der Waals surface area contributed by atoms with Crippen LogP contribution in [0.15, 0.2) is 12.1 Å². The van der Waals surface area contributed by atoms with E-state index < -0.39 is 5.97 Å². The monoisotopic (exact) mass is 335 g/mol. The fourth-order valence-corrected chi connectivity index (χ4v) is 3.01. The van der Waals surface area contributed by atoms with Crippen LogP contribution in [0.1, 0.15) is 36.8 Å². The third-order valence-corrected chi connectivity index (χ3v) is 4.39. The van der Waals surface area contributed by atoms with Crippen LogP contribution in [0.5, 0.6) is 11.5 Å². The number of benzene rings is 1. The predicted molar refractivity (Wildman–Crippen MR) is 89.6 cm³/mol. The fraction of sp³-hybridized carbons (Fsp3) is 0.556. The molecule has 0 saturated carbocycles. The number of ether oxygens (including phenoxy) is 2. The maximum Gasteiger partial charge on any atom is 0.303 e. The van der Waals surface area contributed by atoms with Crippen LogP contribution in [0.3, 0.4) is 0 Å². The van der Waals surface area contributed by atoms with Gasteiger partial charge in [0.25, 0.3) is 0 Å². The van der Waals surface area contributed by atoms with E-state index in [9.17, 15) is 9.59 Å². The first-order valence-electron chi connectivity index (χ1n) is 8.28.